The van der Waals surface area contributed by atoms with E-state index in [1.807, 2.05) is 20.8 Å². The molecular weight excluding hydrogens is 178 g/mol. The van der Waals surface area contributed by atoms with Crippen molar-refractivity contribution in [3.63, 3.8) is 0 Å². The molecule has 0 radical (unpaired) electrons. The van der Waals surface area contributed by atoms with Crippen molar-refractivity contribution in [2.24, 2.45) is 5.41 Å². The summed E-state index contributed by atoms with van der Waals surface area (Å²) in [6, 6.07) is 0.348. The maximum absolute atomic E-state index is 11.8. The highest BCUT2D eigenvalue weighted by Crippen LogP contribution is 2.30. The van der Waals surface area contributed by atoms with Gasteiger partial charge in [-0.15, -0.1) is 0 Å². The van der Waals surface area contributed by atoms with Gasteiger partial charge in [-0.3, -0.25) is 9.59 Å². The van der Waals surface area contributed by atoms with E-state index < -0.39 is 5.41 Å². The first-order valence-electron chi connectivity index (χ1n) is 4.85. The molecule has 1 aliphatic heterocycles. The van der Waals surface area contributed by atoms with Gasteiger partial charge in [-0.05, 0) is 13.0 Å². The number of carbonyl (C=O) groups excluding carboxylic acids is 2. The number of amides is 1. The average molecular weight is 195 g/mol. The Hall–Kier alpha value is -1.12. The fourth-order valence-corrected chi connectivity index (χ4v) is 1.49. The predicted octanol–water partition coefficient (Wildman–Crippen LogP) is 1.39. The molecular formula is C11H17NO2. The molecule has 3 nitrogen and oxygen atoms in total. The Morgan fingerprint density at radius 1 is 1.57 bits per heavy atom. The van der Waals surface area contributed by atoms with Crippen molar-refractivity contribution >= 4 is 11.7 Å². The van der Waals surface area contributed by atoms with Gasteiger partial charge in [0.2, 0.25) is 5.91 Å². The molecule has 0 saturated carbocycles. The van der Waals surface area contributed by atoms with Crippen molar-refractivity contribution in [1.29, 1.82) is 0 Å². The van der Waals surface area contributed by atoms with E-state index in [-0.39, 0.29) is 18.1 Å². The molecule has 14 heavy (non-hydrogen) atoms. The van der Waals surface area contributed by atoms with E-state index in [9.17, 15) is 9.59 Å². The van der Waals surface area contributed by atoms with Gasteiger partial charge in [-0.2, -0.15) is 0 Å². The van der Waals surface area contributed by atoms with Crippen LogP contribution in [-0.2, 0) is 9.59 Å². The highest BCUT2D eigenvalue weighted by atomic mass is 16.2. The second-order valence-electron chi connectivity index (χ2n) is 4.54. The second kappa shape index (κ2) is 3.56. The Morgan fingerprint density at radius 2 is 2.07 bits per heavy atom. The molecule has 1 aliphatic rings. The molecule has 0 aromatic heterocycles. The summed E-state index contributed by atoms with van der Waals surface area (Å²) in [7, 11) is 0. The highest BCUT2D eigenvalue weighted by Gasteiger charge is 2.42. The van der Waals surface area contributed by atoms with E-state index in [4.69, 9.17) is 0 Å². The third-order valence-electron chi connectivity index (χ3n) is 2.54. The van der Waals surface area contributed by atoms with E-state index in [1.165, 1.54) is 6.08 Å². The molecule has 0 aliphatic carbocycles. The normalized spacial score (nSPS) is 20.5. The van der Waals surface area contributed by atoms with Gasteiger partial charge < -0.3 is 4.90 Å². The van der Waals surface area contributed by atoms with Crippen LogP contribution in [0.3, 0.4) is 0 Å². The van der Waals surface area contributed by atoms with Crippen molar-refractivity contribution in [2.75, 3.05) is 6.54 Å². The molecule has 1 unspecified atom stereocenters. The maximum Gasteiger partial charge on any atom is 0.229 e. The van der Waals surface area contributed by atoms with Crippen LogP contribution >= 0.6 is 0 Å². The molecule has 1 heterocycles. The highest BCUT2D eigenvalue weighted by molar-refractivity contribution is 5.95. The molecule has 1 atom stereocenters. The summed E-state index contributed by atoms with van der Waals surface area (Å²) in [5, 5.41) is 0. The van der Waals surface area contributed by atoms with E-state index in [2.05, 4.69) is 6.58 Å². The van der Waals surface area contributed by atoms with Gasteiger partial charge in [-0.1, -0.05) is 20.4 Å². The molecule has 0 N–H and O–H groups in total. The van der Waals surface area contributed by atoms with Crippen LogP contribution in [0.1, 0.15) is 27.2 Å². The van der Waals surface area contributed by atoms with Crippen LogP contribution in [-0.4, -0.2) is 29.2 Å². The number of rotatable bonds is 4. The minimum absolute atomic E-state index is 0.0696. The van der Waals surface area contributed by atoms with Crippen molar-refractivity contribution in [3.05, 3.63) is 12.7 Å². The largest absolute Gasteiger partial charge is 0.336 e. The van der Waals surface area contributed by atoms with Crippen LogP contribution in [0.4, 0.5) is 0 Å². The third kappa shape index (κ3) is 2.22. The van der Waals surface area contributed by atoms with Gasteiger partial charge >= 0.3 is 0 Å². The van der Waals surface area contributed by atoms with E-state index >= 15 is 0 Å². The zero-order valence-electron chi connectivity index (χ0n) is 9.04. The standard InChI is InChI=1S/C11H17NO2/c1-5-9(13)6-11(3,4)10(14)12-7-8(12)2/h5,8H,1,6-7H2,2-4H3. The zero-order valence-corrected chi connectivity index (χ0v) is 9.04. The fraction of sp³-hybridized carbons (Fsp3) is 0.636. The Kier molecular flexibility index (Phi) is 2.79. The summed E-state index contributed by atoms with van der Waals surface area (Å²) in [4.78, 5) is 24.8. The Morgan fingerprint density at radius 3 is 2.43 bits per heavy atom. The van der Waals surface area contributed by atoms with Gasteiger partial charge in [0, 0.05) is 19.0 Å². The minimum Gasteiger partial charge on any atom is -0.336 e. The molecule has 1 rings (SSSR count). The molecule has 0 spiro atoms. The number of ketones is 1. The first kappa shape index (κ1) is 11.0. The van der Waals surface area contributed by atoms with Gasteiger partial charge in [-0.25, -0.2) is 0 Å². The molecule has 1 saturated heterocycles. The molecule has 0 aromatic carbocycles. The first-order chi connectivity index (χ1) is 6.38. The molecule has 0 aromatic rings. The first-order valence-corrected chi connectivity index (χ1v) is 4.85. The van der Waals surface area contributed by atoms with Gasteiger partial charge in [0.25, 0.3) is 0 Å². The summed E-state index contributed by atoms with van der Waals surface area (Å²) < 4.78 is 0. The third-order valence-corrected chi connectivity index (χ3v) is 2.54. The molecule has 78 valence electrons. The number of hydrogen-bond acceptors (Lipinski definition) is 2. The van der Waals surface area contributed by atoms with Crippen LogP contribution in [0.15, 0.2) is 12.7 Å². The second-order valence-corrected chi connectivity index (χ2v) is 4.54. The summed E-state index contributed by atoms with van der Waals surface area (Å²) in [6.07, 6.45) is 1.53. The van der Waals surface area contributed by atoms with E-state index in [1.54, 1.807) is 4.90 Å². The zero-order chi connectivity index (χ0) is 10.9. The SMILES string of the molecule is C=CC(=O)CC(C)(C)C(=O)N1CC1C. The lowest BCUT2D eigenvalue weighted by molar-refractivity contribution is -0.137. The van der Waals surface area contributed by atoms with Crippen LogP contribution in [0, 0.1) is 5.41 Å². The van der Waals surface area contributed by atoms with Crippen LogP contribution < -0.4 is 0 Å². The quantitative estimate of drug-likeness (QED) is 0.502. The monoisotopic (exact) mass is 195 g/mol. The van der Waals surface area contributed by atoms with Crippen molar-refractivity contribution in [1.82, 2.24) is 4.90 Å². The van der Waals surface area contributed by atoms with Crippen molar-refractivity contribution in [2.45, 2.75) is 33.2 Å². The van der Waals surface area contributed by atoms with Crippen LogP contribution in [0.5, 0.6) is 0 Å². The smallest absolute Gasteiger partial charge is 0.229 e. The fourth-order valence-electron chi connectivity index (χ4n) is 1.49. The summed E-state index contributed by atoms with van der Waals surface area (Å²) >= 11 is 0. The van der Waals surface area contributed by atoms with Crippen LogP contribution in [0.25, 0.3) is 0 Å². The number of carbonyl (C=O) groups is 2. The molecule has 1 amide bonds. The lowest BCUT2D eigenvalue weighted by atomic mass is 9.86. The lowest BCUT2D eigenvalue weighted by Crippen LogP contribution is -2.33. The predicted molar refractivity (Wildman–Crippen MR) is 54.8 cm³/mol. The summed E-state index contributed by atoms with van der Waals surface area (Å²) in [5.74, 6) is -0.00180. The molecule has 0 bridgehead atoms. The maximum atomic E-state index is 11.8. The van der Waals surface area contributed by atoms with E-state index in [0.717, 1.165) is 6.54 Å². The minimum atomic E-state index is -0.587. The average Bonchev–Trinajstić information content (AvgIpc) is 2.80. The molecule has 3 heteroatoms. The van der Waals surface area contributed by atoms with E-state index in [0.29, 0.717) is 6.04 Å². The van der Waals surface area contributed by atoms with Crippen LogP contribution in [0.2, 0.25) is 0 Å². The van der Waals surface area contributed by atoms with Gasteiger partial charge in [0.1, 0.15) is 0 Å². The topological polar surface area (TPSA) is 37.1 Å². The summed E-state index contributed by atoms with van der Waals surface area (Å²) in [5.41, 5.74) is -0.587. The van der Waals surface area contributed by atoms with Crippen molar-refractivity contribution < 1.29 is 9.59 Å². The van der Waals surface area contributed by atoms with Gasteiger partial charge in [0.15, 0.2) is 5.78 Å². The van der Waals surface area contributed by atoms with Gasteiger partial charge in [0.05, 0.1) is 5.41 Å². The lowest BCUT2D eigenvalue weighted by Gasteiger charge is -2.22. The molecule has 1 fully saturated rings. The van der Waals surface area contributed by atoms with Crippen molar-refractivity contribution in [3.8, 4) is 0 Å². The Labute approximate surface area is 84.8 Å². The number of hydrogen-bond donors (Lipinski definition) is 0. The summed E-state index contributed by atoms with van der Waals surface area (Å²) in [6.45, 7) is 9.85. The Balaban J connectivity index is 2.59. The Bertz CT molecular complexity index is 281. The number of nitrogens with zero attached hydrogens (tertiary/aromatic N) is 1. The number of allylic oxidation sites excluding steroid dienone is 1.